The maximum absolute atomic E-state index is 13.7. The smallest absolute Gasteiger partial charge is 0.315 e. The van der Waals surface area contributed by atoms with Crippen LogP contribution >= 0.6 is 0 Å². The monoisotopic (exact) mass is 552 g/mol. The number of carbonyl (C=O) groups is 4. The van der Waals surface area contributed by atoms with Crippen LogP contribution in [0.4, 0.5) is 0 Å². The first-order chi connectivity index (χ1) is 19.7. The second-order valence-electron chi connectivity index (χ2n) is 11.7. The van der Waals surface area contributed by atoms with Crippen LogP contribution in [0, 0.1) is 54.3 Å². The second kappa shape index (κ2) is 9.29. The molecule has 8 heteroatoms. The number of aliphatic carboxylic acids is 2. The first kappa shape index (κ1) is 25.5. The third kappa shape index (κ3) is 3.80. The number of hydrogen-bond donors (Lipinski definition) is 2. The van der Waals surface area contributed by atoms with E-state index >= 15 is 0 Å². The minimum Gasteiger partial charge on any atom is -0.481 e. The largest absolute Gasteiger partial charge is 0.481 e. The summed E-state index contributed by atoms with van der Waals surface area (Å²) in [7, 11) is 0. The molecule has 3 aromatic carbocycles. The van der Waals surface area contributed by atoms with Crippen molar-refractivity contribution in [1.29, 1.82) is 0 Å². The molecule has 8 nitrogen and oxygen atoms in total. The van der Waals surface area contributed by atoms with E-state index in [0.29, 0.717) is 40.1 Å². The summed E-state index contributed by atoms with van der Waals surface area (Å²) in [5.74, 6) is -6.65. The van der Waals surface area contributed by atoms with Gasteiger partial charge >= 0.3 is 23.9 Å². The fourth-order valence-electron chi connectivity index (χ4n) is 7.83. The van der Waals surface area contributed by atoms with Gasteiger partial charge in [-0.3, -0.25) is 19.2 Å². The van der Waals surface area contributed by atoms with Crippen molar-refractivity contribution in [2.45, 2.75) is 19.8 Å². The standard InChI is InChI=1S/C33H28O8/c1-15-5-4-8-22-23(15)29(41-33(39)27-19-12-10-17(14-19)25(27)31(36)37)21-7-3-2-6-20(21)28(22)40-32(38)26-18-11-9-16(13-18)24(26)30(34)35/h2-12,16-19,24-27H,13-14H2,1H3,(H,34,35)(H,36,37). The van der Waals surface area contributed by atoms with Gasteiger partial charge in [-0.05, 0) is 49.0 Å². The summed E-state index contributed by atoms with van der Waals surface area (Å²) in [5.41, 5.74) is 0.780. The summed E-state index contributed by atoms with van der Waals surface area (Å²) in [6.45, 7) is 1.86. The van der Waals surface area contributed by atoms with Crippen molar-refractivity contribution >= 4 is 45.4 Å². The Balaban J connectivity index is 1.32. The van der Waals surface area contributed by atoms with Crippen LogP contribution in [0.25, 0.3) is 21.5 Å². The van der Waals surface area contributed by atoms with Crippen molar-refractivity contribution in [1.82, 2.24) is 0 Å². The number of ether oxygens (including phenoxy) is 2. The molecule has 0 radical (unpaired) electrons. The number of carboxylic acids is 2. The van der Waals surface area contributed by atoms with E-state index in [1.165, 1.54) is 0 Å². The molecule has 41 heavy (non-hydrogen) atoms. The third-order valence-electron chi connectivity index (χ3n) is 9.60. The van der Waals surface area contributed by atoms with Gasteiger partial charge in [-0.25, -0.2) is 0 Å². The number of fused-ring (bicyclic) bond motifs is 6. The third-order valence-corrected chi connectivity index (χ3v) is 9.60. The second-order valence-corrected chi connectivity index (χ2v) is 11.7. The van der Waals surface area contributed by atoms with Crippen molar-refractivity contribution < 1.29 is 38.9 Å². The zero-order valence-electron chi connectivity index (χ0n) is 22.2. The van der Waals surface area contributed by atoms with E-state index in [9.17, 15) is 29.4 Å². The lowest BCUT2D eigenvalue weighted by Crippen LogP contribution is -2.35. The Kier molecular flexibility index (Phi) is 5.78. The minimum absolute atomic E-state index is 0.189. The lowest BCUT2D eigenvalue weighted by molar-refractivity contribution is -0.152. The maximum Gasteiger partial charge on any atom is 0.315 e. The lowest BCUT2D eigenvalue weighted by atomic mass is 9.83. The van der Waals surface area contributed by atoms with E-state index in [0.717, 1.165) is 5.56 Å². The van der Waals surface area contributed by atoms with Gasteiger partial charge in [-0.1, -0.05) is 66.8 Å². The van der Waals surface area contributed by atoms with Crippen molar-refractivity contribution in [2.24, 2.45) is 47.3 Å². The molecule has 0 spiro atoms. The summed E-state index contributed by atoms with van der Waals surface area (Å²) >= 11 is 0. The fraction of sp³-hybridized carbons (Fsp3) is 0.333. The van der Waals surface area contributed by atoms with Crippen molar-refractivity contribution in [3.63, 3.8) is 0 Å². The van der Waals surface area contributed by atoms with Crippen LogP contribution in [0.1, 0.15) is 18.4 Å². The highest BCUT2D eigenvalue weighted by Gasteiger charge is 2.54. The van der Waals surface area contributed by atoms with Crippen LogP contribution in [0.5, 0.6) is 11.5 Å². The number of rotatable bonds is 6. The molecule has 2 fully saturated rings. The molecule has 7 rings (SSSR count). The molecular weight excluding hydrogens is 524 g/mol. The molecule has 2 N–H and O–H groups in total. The number of carboxylic acid groups (broad SMARTS) is 2. The van der Waals surface area contributed by atoms with E-state index in [1.807, 2.05) is 43.4 Å². The van der Waals surface area contributed by atoms with Gasteiger partial charge in [0, 0.05) is 21.5 Å². The molecule has 0 saturated heterocycles. The van der Waals surface area contributed by atoms with Gasteiger partial charge in [0.15, 0.2) is 0 Å². The number of carbonyl (C=O) groups excluding carboxylic acids is 2. The Morgan fingerprint density at radius 2 is 1.05 bits per heavy atom. The molecule has 4 aliphatic rings. The Morgan fingerprint density at radius 3 is 1.56 bits per heavy atom. The minimum atomic E-state index is -1.01. The maximum atomic E-state index is 13.7. The van der Waals surface area contributed by atoms with E-state index in [4.69, 9.17) is 9.47 Å². The molecule has 208 valence electrons. The summed E-state index contributed by atoms with van der Waals surface area (Å²) in [4.78, 5) is 51.4. The van der Waals surface area contributed by atoms with Crippen LogP contribution in [0.2, 0.25) is 0 Å². The van der Waals surface area contributed by atoms with Crippen LogP contribution in [-0.2, 0) is 19.2 Å². The fourth-order valence-corrected chi connectivity index (χ4v) is 7.83. The number of benzene rings is 3. The summed E-state index contributed by atoms with van der Waals surface area (Å²) in [6, 6.07) is 12.6. The summed E-state index contributed by atoms with van der Waals surface area (Å²) < 4.78 is 12.2. The number of allylic oxidation sites excluding steroid dienone is 4. The molecule has 2 saturated carbocycles. The van der Waals surface area contributed by atoms with Crippen molar-refractivity contribution in [3.05, 3.63) is 72.3 Å². The van der Waals surface area contributed by atoms with Crippen LogP contribution in [-0.4, -0.2) is 34.1 Å². The average molecular weight is 553 g/mol. The van der Waals surface area contributed by atoms with Gasteiger partial charge in [-0.15, -0.1) is 0 Å². The molecule has 4 aliphatic carbocycles. The highest BCUT2D eigenvalue weighted by Crippen LogP contribution is 2.52. The van der Waals surface area contributed by atoms with Crippen LogP contribution < -0.4 is 9.47 Å². The average Bonchev–Trinajstić information content (AvgIpc) is 3.75. The molecule has 0 heterocycles. The van der Waals surface area contributed by atoms with Gasteiger partial charge in [0.25, 0.3) is 0 Å². The van der Waals surface area contributed by atoms with E-state index in [-0.39, 0.29) is 29.4 Å². The van der Waals surface area contributed by atoms with Gasteiger partial charge in [0.2, 0.25) is 0 Å². The molecule has 3 aromatic rings. The highest BCUT2D eigenvalue weighted by atomic mass is 16.5. The molecule has 8 atom stereocenters. The predicted molar refractivity (Wildman–Crippen MR) is 148 cm³/mol. The topological polar surface area (TPSA) is 127 Å². The number of aryl methyl sites for hydroxylation is 1. The SMILES string of the molecule is Cc1cccc2c(OC(=O)C3C4C=CC(C4)C3C(=O)O)c3ccccc3c(OC(=O)C3C4C=CC(C4)C3C(=O)O)c12. The zero-order chi connectivity index (χ0) is 28.6. The number of esters is 2. The molecular formula is C33H28O8. The van der Waals surface area contributed by atoms with E-state index < -0.39 is 47.5 Å². The molecule has 0 aliphatic heterocycles. The molecule has 4 bridgehead atoms. The Morgan fingerprint density at radius 1 is 0.610 bits per heavy atom. The predicted octanol–water partition coefficient (Wildman–Crippen LogP) is 5.16. The van der Waals surface area contributed by atoms with E-state index in [2.05, 4.69) is 0 Å². The summed E-state index contributed by atoms with van der Waals surface area (Å²) in [5, 5.41) is 22.0. The first-order valence-electron chi connectivity index (χ1n) is 13.9. The lowest BCUT2D eigenvalue weighted by Gasteiger charge is -2.25. The molecule has 8 unspecified atom stereocenters. The quantitative estimate of drug-likeness (QED) is 0.186. The Hall–Kier alpha value is -4.46. The molecule has 0 aromatic heterocycles. The van der Waals surface area contributed by atoms with Crippen molar-refractivity contribution in [3.8, 4) is 11.5 Å². The normalized spacial score (nSPS) is 30.8. The number of hydrogen-bond acceptors (Lipinski definition) is 6. The van der Waals surface area contributed by atoms with Gasteiger partial charge in [0.1, 0.15) is 11.5 Å². The van der Waals surface area contributed by atoms with Crippen LogP contribution in [0.15, 0.2) is 66.8 Å². The molecule has 0 amide bonds. The highest BCUT2D eigenvalue weighted by molar-refractivity contribution is 6.14. The van der Waals surface area contributed by atoms with Gasteiger partial charge < -0.3 is 19.7 Å². The van der Waals surface area contributed by atoms with Crippen LogP contribution in [0.3, 0.4) is 0 Å². The van der Waals surface area contributed by atoms with Crippen molar-refractivity contribution in [2.75, 3.05) is 0 Å². The van der Waals surface area contributed by atoms with E-state index in [1.54, 1.807) is 30.3 Å². The zero-order valence-corrected chi connectivity index (χ0v) is 22.2. The van der Waals surface area contributed by atoms with Gasteiger partial charge in [0.05, 0.1) is 23.7 Å². The summed E-state index contributed by atoms with van der Waals surface area (Å²) in [6.07, 6.45) is 8.81. The Bertz CT molecular complexity index is 1720. The Labute approximate surface area is 235 Å². The van der Waals surface area contributed by atoms with Gasteiger partial charge in [-0.2, -0.15) is 0 Å². The first-order valence-corrected chi connectivity index (χ1v) is 13.9.